The highest BCUT2D eigenvalue weighted by Gasteiger charge is 2.23. The monoisotopic (exact) mass is 194 g/mol. The third-order valence-electron chi connectivity index (χ3n) is 2.51. The molecule has 0 bridgehead atoms. The number of rotatable bonds is 0. The predicted octanol–water partition coefficient (Wildman–Crippen LogP) is -0.290. The van der Waals surface area contributed by atoms with Gasteiger partial charge in [-0.25, -0.2) is 0 Å². The third kappa shape index (κ3) is 1.57. The predicted molar refractivity (Wildman–Crippen MR) is 53.3 cm³/mol. The van der Waals surface area contributed by atoms with Gasteiger partial charge < -0.3 is 10.6 Å². The van der Waals surface area contributed by atoms with E-state index in [0.717, 1.165) is 18.8 Å². The van der Waals surface area contributed by atoms with Crippen molar-refractivity contribution in [3.63, 3.8) is 0 Å². The molecule has 0 aromatic carbocycles. The molecule has 0 spiro atoms. The van der Waals surface area contributed by atoms with E-state index in [0.29, 0.717) is 18.8 Å². The van der Waals surface area contributed by atoms with Crippen molar-refractivity contribution in [2.75, 3.05) is 19.6 Å². The number of nitrogens with zero attached hydrogens (tertiary/aromatic N) is 3. The van der Waals surface area contributed by atoms with Gasteiger partial charge in [-0.15, -0.1) is 0 Å². The van der Waals surface area contributed by atoms with Crippen molar-refractivity contribution in [1.29, 1.82) is 0 Å². The van der Waals surface area contributed by atoms with Crippen LogP contribution in [0.5, 0.6) is 0 Å². The molecule has 5 heteroatoms. The van der Waals surface area contributed by atoms with Crippen LogP contribution in [0.25, 0.3) is 0 Å². The fraction of sp³-hybridized carbons (Fsp3) is 0.556. The van der Waals surface area contributed by atoms with Crippen LogP contribution in [0.3, 0.4) is 0 Å². The van der Waals surface area contributed by atoms with Crippen molar-refractivity contribution >= 4 is 11.7 Å². The second-order valence-corrected chi connectivity index (χ2v) is 3.55. The lowest BCUT2D eigenvalue weighted by molar-refractivity contribution is -0.129. The van der Waals surface area contributed by atoms with Crippen molar-refractivity contribution in [1.82, 2.24) is 9.91 Å². The topological polar surface area (TPSA) is 61.9 Å². The molecule has 0 unspecified atom stereocenters. The van der Waals surface area contributed by atoms with E-state index in [1.54, 1.807) is 6.92 Å². The van der Waals surface area contributed by atoms with Crippen LogP contribution in [0.1, 0.15) is 13.3 Å². The van der Waals surface area contributed by atoms with Crippen LogP contribution >= 0.6 is 0 Å². The van der Waals surface area contributed by atoms with Crippen LogP contribution < -0.4 is 5.73 Å². The number of hydrazone groups is 1. The van der Waals surface area contributed by atoms with Crippen molar-refractivity contribution in [2.45, 2.75) is 13.3 Å². The normalized spacial score (nSPS) is 21.2. The quantitative estimate of drug-likeness (QED) is 0.576. The first-order chi connectivity index (χ1) is 6.66. The second kappa shape index (κ2) is 3.32. The number of hydrogen-bond acceptors (Lipinski definition) is 4. The molecule has 0 atom stereocenters. The van der Waals surface area contributed by atoms with Gasteiger partial charge in [-0.2, -0.15) is 5.10 Å². The summed E-state index contributed by atoms with van der Waals surface area (Å²) in [6.07, 6.45) is 2.73. The second-order valence-electron chi connectivity index (χ2n) is 3.55. The minimum absolute atomic E-state index is 0.119. The highest BCUT2D eigenvalue weighted by atomic mass is 16.2. The molecule has 76 valence electrons. The fourth-order valence-electron chi connectivity index (χ4n) is 1.69. The summed E-state index contributed by atoms with van der Waals surface area (Å²) in [4.78, 5) is 13.0. The van der Waals surface area contributed by atoms with E-state index in [1.165, 1.54) is 0 Å². The van der Waals surface area contributed by atoms with Gasteiger partial charge in [0.1, 0.15) is 5.84 Å². The summed E-state index contributed by atoms with van der Waals surface area (Å²) >= 11 is 0. The molecule has 2 rings (SSSR count). The number of amidine groups is 1. The molecule has 1 saturated heterocycles. The Bertz CT molecular complexity index is 321. The summed E-state index contributed by atoms with van der Waals surface area (Å²) in [5.41, 5.74) is 6.70. The lowest BCUT2D eigenvalue weighted by Crippen LogP contribution is -2.46. The first-order valence-electron chi connectivity index (χ1n) is 4.72. The molecular formula is C9H14N4O. The van der Waals surface area contributed by atoms with Gasteiger partial charge in [0, 0.05) is 19.9 Å². The largest absolute Gasteiger partial charge is 0.385 e. The van der Waals surface area contributed by atoms with Gasteiger partial charge >= 0.3 is 0 Å². The Labute approximate surface area is 82.8 Å². The maximum Gasteiger partial charge on any atom is 0.219 e. The average molecular weight is 194 g/mol. The minimum atomic E-state index is 0.119. The Hall–Kier alpha value is -1.52. The van der Waals surface area contributed by atoms with Crippen LogP contribution in [-0.4, -0.2) is 41.3 Å². The zero-order valence-corrected chi connectivity index (χ0v) is 8.23. The van der Waals surface area contributed by atoms with Crippen LogP contribution in [0.2, 0.25) is 0 Å². The molecule has 14 heavy (non-hydrogen) atoms. The molecule has 0 aliphatic carbocycles. The van der Waals surface area contributed by atoms with E-state index in [9.17, 15) is 4.79 Å². The molecule has 2 aliphatic rings. The smallest absolute Gasteiger partial charge is 0.219 e. The number of fused-ring (bicyclic) bond motifs is 1. The van der Waals surface area contributed by atoms with E-state index in [1.807, 2.05) is 16.0 Å². The van der Waals surface area contributed by atoms with Gasteiger partial charge in [0.15, 0.2) is 0 Å². The van der Waals surface area contributed by atoms with Crippen molar-refractivity contribution in [2.24, 2.45) is 10.8 Å². The molecule has 2 aliphatic heterocycles. The molecule has 0 aromatic heterocycles. The Morgan fingerprint density at radius 3 is 3.07 bits per heavy atom. The van der Waals surface area contributed by atoms with Crippen LogP contribution in [-0.2, 0) is 4.79 Å². The summed E-state index contributed by atoms with van der Waals surface area (Å²) in [5.74, 6) is 0.762. The van der Waals surface area contributed by atoms with Crippen molar-refractivity contribution < 1.29 is 4.79 Å². The number of hydrogen-bond donors (Lipinski definition) is 1. The van der Waals surface area contributed by atoms with E-state index in [-0.39, 0.29) is 5.91 Å². The van der Waals surface area contributed by atoms with Gasteiger partial charge in [0.05, 0.1) is 18.8 Å². The summed E-state index contributed by atoms with van der Waals surface area (Å²) in [7, 11) is 0. The van der Waals surface area contributed by atoms with Gasteiger partial charge in [-0.1, -0.05) is 6.08 Å². The zero-order valence-electron chi connectivity index (χ0n) is 8.23. The molecule has 2 heterocycles. The molecule has 0 aromatic rings. The SMILES string of the molecule is CC(=O)N1CCN2N=C(N)CC=C2C1. The maximum absolute atomic E-state index is 11.2. The first-order valence-corrected chi connectivity index (χ1v) is 4.72. The lowest BCUT2D eigenvalue weighted by atomic mass is 10.2. The van der Waals surface area contributed by atoms with Gasteiger partial charge in [0.2, 0.25) is 5.91 Å². The standard InChI is InChI=1S/C9H14N4O/c1-7(14)12-4-5-13-8(6-12)2-3-9(10)11-13/h2H,3-6H2,1H3,(H2,10,11). The Morgan fingerprint density at radius 1 is 1.57 bits per heavy atom. The van der Waals surface area contributed by atoms with Crippen LogP contribution in [0, 0.1) is 0 Å². The van der Waals surface area contributed by atoms with Gasteiger partial charge in [-0.3, -0.25) is 9.80 Å². The number of nitrogens with two attached hydrogens (primary N) is 1. The van der Waals surface area contributed by atoms with E-state index in [4.69, 9.17) is 5.73 Å². The summed E-state index contributed by atoms with van der Waals surface area (Å²) in [5, 5.41) is 6.11. The maximum atomic E-state index is 11.2. The number of amides is 1. The van der Waals surface area contributed by atoms with Crippen molar-refractivity contribution in [3.8, 4) is 0 Å². The fourth-order valence-corrected chi connectivity index (χ4v) is 1.69. The molecule has 1 fully saturated rings. The van der Waals surface area contributed by atoms with E-state index >= 15 is 0 Å². The average Bonchev–Trinajstić information content (AvgIpc) is 2.16. The Morgan fingerprint density at radius 2 is 2.36 bits per heavy atom. The molecule has 0 saturated carbocycles. The number of carbonyl (C=O) groups is 1. The number of piperazine rings is 1. The van der Waals surface area contributed by atoms with E-state index in [2.05, 4.69) is 5.10 Å². The first kappa shape index (κ1) is 9.05. The Kier molecular flexibility index (Phi) is 2.15. The van der Waals surface area contributed by atoms with Crippen LogP contribution in [0.15, 0.2) is 16.9 Å². The van der Waals surface area contributed by atoms with Gasteiger partial charge in [-0.05, 0) is 0 Å². The Balaban J connectivity index is 2.09. The highest BCUT2D eigenvalue weighted by Crippen LogP contribution is 2.17. The molecule has 0 radical (unpaired) electrons. The minimum Gasteiger partial charge on any atom is -0.385 e. The number of carbonyl (C=O) groups excluding carboxylic acids is 1. The van der Waals surface area contributed by atoms with E-state index < -0.39 is 0 Å². The molecule has 2 N–H and O–H groups in total. The van der Waals surface area contributed by atoms with Crippen molar-refractivity contribution in [3.05, 3.63) is 11.8 Å². The summed E-state index contributed by atoms with van der Waals surface area (Å²) in [6, 6.07) is 0. The highest BCUT2D eigenvalue weighted by molar-refractivity contribution is 5.82. The summed E-state index contributed by atoms with van der Waals surface area (Å²) in [6.45, 7) is 3.72. The molecule has 5 nitrogen and oxygen atoms in total. The molecule has 1 amide bonds. The zero-order chi connectivity index (χ0) is 10.1. The summed E-state index contributed by atoms with van der Waals surface area (Å²) < 4.78 is 0. The molecular weight excluding hydrogens is 180 g/mol. The van der Waals surface area contributed by atoms with Gasteiger partial charge in [0.25, 0.3) is 0 Å². The van der Waals surface area contributed by atoms with Crippen LogP contribution in [0.4, 0.5) is 0 Å². The lowest BCUT2D eigenvalue weighted by Gasteiger charge is -2.36. The third-order valence-corrected chi connectivity index (χ3v) is 2.51.